The molecule has 0 aliphatic heterocycles. The van der Waals surface area contributed by atoms with Gasteiger partial charge in [0.2, 0.25) is 5.91 Å². The van der Waals surface area contributed by atoms with E-state index in [1.54, 1.807) is 10.6 Å². The van der Waals surface area contributed by atoms with Crippen LogP contribution in [0.3, 0.4) is 0 Å². The lowest BCUT2D eigenvalue weighted by atomic mass is 10.2. The van der Waals surface area contributed by atoms with Crippen LogP contribution in [-0.4, -0.2) is 21.2 Å². The Morgan fingerprint density at radius 2 is 2.21 bits per heavy atom. The van der Waals surface area contributed by atoms with Gasteiger partial charge in [0.1, 0.15) is 4.83 Å². The number of hydrogen-bond donors (Lipinski definition) is 1. The summed E-state index contributed by atoms with van der Waals surface area (Å²) in [6, 6.07) is 7.60. The molecule has 0 aliphatic carbocycles. The number of amides is 1. The van der Waals surface area contributed by atoms with Crippen LogP contribution < -0.4 is 10.9 Å². The number of carbonyl (C=O) groups excluding carboxylic acids is 1. The standard InChI is InChI=1S/C20H20BrN3O2S2/c1-4-8-24-19(26)15-10-14(5-2)28-18(15)23-20(24)27-11-17(25)22-16-7-6-13(21)9-12(16)3/h4,6-7,9-10H,1,5,8,11H2,2-3H3,(H,22,25). The normalized spacial score (nSPS) is 11.0. The maximum Gasteiger partial charge on any atom is 0.263 e. The van der Waals surface area contributed by atoms with Crippen LogP contribution in [0.25, 0.3) is 10.2 Å². The van der Waals surface area contributed by atoms with E-state index in [1.165, 1.54) is 23.1 Å². The molecule has 0 saturated heterocycles. The molecular weight excluding hydrogens is 458 g/mol. The van der Waals surface area contributed by atoms with Crippen molar-refractivity contribution in [2.45, 2.75) is 32.0 Å². The highest BCUT2D eigenvalue weighted by Gasteiger charge is 2.15. The Morgan fingerprint density at radius 3 is 2.89 bits per heavy atom. The minimum Gasteiger partial charge on any atom is -0.325 e. The number of carbonyl (C=O) groups is 1. The van der Waals surface area contributed by atoms with E-state index in [0.29, 0.717) is 21.9 Å². The van der Waals surface area contributed by atoms with Gasteiger partial charge in [-0.05, 0) is 43.2 Å². The zero-order valence-corrected chi connectivity index (χ0v) is 18.8. The van der Waals surface area contributed by atoms with Crippen molar-refractivity contribution in [3.05, 3.63) is 62.2 Å². The average molecular weight is 478 g/mol. The van der Waals surface area contributed by atoms with Crippen molar-refractivity contribution < 1.29 is 4.79 Å². The molecule has 0 bridgehead atoms. The zero-order valence-electron chi connectivity index (χ0n) is 15.6. The molecule has 28 heavy (non-hydrogen) atoms. The average Bonchev–Trinajstić information content (AvgIpc) is 3.08. The molecule has 3 rings (SSSR count). The number of aromatic nitrogens is 2. The van der Waals surface area contributed by atoms with Gasteiger partial charge in [-0.1, -0.05) is 40.7 Å². The molecular formula is C20H20BrN3O2S2. The number of aryl methyl sites for hydroxylation is 2. The summed E-state index contributed by atoms with van der Waals surface area (Å²) in [6.07, 6.45) is 2.52. The molecule has 0 radical (unpaired) electrons. The van der Waals surface area contributed by atoms with Crippen LogP contribution >= 0.6 is 39.0 Å². The minimum atomic E-state index is -0.143. The van der Waals surface area contributed by atoms with Crippen LogP contribution in [0.2, 0.25) is 0 Å². The summed E-state index contributed by atoms with van der Waals surface area (Å²) in [5.41, 5.74) is 1.65. The molecule has 1 aromatic carbocycles. The monoisotopic (exact) mass is 477 g/mol. The zero-order chi connectivity index (χ0) is 20.3. The fraction of sp³-hybridized carbons (Fsp3) is 0.250. The minimum absolute atomic E-state index is 0.0903. The van der Waals surface area contributed by atoms with Crippen molar-refractivity contribution in [1.29, 1.82) is 0 Å². The van der Waals surface area contributed by atoms with Gasteiger partial charge in [-0.15, -0.1) is 17.9 Å². The molecule has 0 fully saturated rings. The van der Waals surface area contributed by atoms with Crippen molar-refractivity contribution in [1.82, 2.24) is 9.55 Å². The molecule has 0 aliphatic rings. The van der Waals surface area contributed by atoms with Crippen molar-refractivity contribution in [2.24, 2.45) is 0 Å². The van der Waals surface area contributed by atoms with Gasteiger partial charge in [0, 0.05) is 21.6 Å². The third-order valence-corrected chi connectivity index (χ3v) is 6.77. The van der Waals surface area contributed by atoms with Gasteiger partial charge < -0.3 is 5.32 Å². The number of thiophene rings is 1. The number of rotatable bonds is 7. The molecule has 2 heterocycles. The van der Waals surface area contributed by atoms with Gasteiger partial charge in [0.15, 0.2) is 5.16 Å². The Morgan fingerprint density at radius 1 is 1.43 bits per heavy atom. The fourth-order valence-electron chi connectivity index (χ4n) is 2.71. The number of benzene rings is 1. The van der Waals surface area contributed by atoms with E-state index in [1.807, 2.05) is 31.2 Å². The third kappa shape index (κ3) is 4.56. The molecule has 8 heteroatoms. The van der Waals surface area contributed by atoms with E-state index >= 15 is 0 Å². The maximum absolute atomic E-state index is 12.8. The van der Waals surface area contributed by atoms with E-state index in [9.17, 15) is 9.59 Å². The number of nitrogens with zero attached hydrogens (tertiary/aromatic N) is 2. The number of nitrogens with one attached hydrogen (secondary N) is 1. The Labute approximate surface area is 180 Å². The predicted molar refractivity (Wildman–Crippen MR) is 122 cm³/mol. The van der Waals surface area contributed by atoms with Gasteiger partial charge in [-0.25, -0.2) is 4.98 Å². The molecule has 0 spiro atoms. The maximum atomic E-state index is 12.8. The highest BCUT2D eigenvalue weighted by molar-refractivity contribution is 9.10. The molecule has 3 aromatic rings. The van der Waals surface area contributed by atoms with E-state index in [2.05, 4.69) is 39.7 Å². The van der Waals surface area contributed by atoms with Crippen molar-refractivity contribution in [3.63, 3.8) is 0 Å². The molecule has 0 saturated carbocycles. The first-order valence-electron chi connectivity index (χ1n) is 8.76. The summed E-state index contributed by atoms with van der Waals surface area (Å²) in [7, 11) is 0. The summed E-state index contributed by atoms with van der Waals surface area (Å²) in [6.45, 7) is 8.08. The largest absolute Gasteiger partial charge is 0.325 e. The predicted octanol–water partition coefficient (Wildman–Crippen LogP) is 5.01. The first kappa shape index (κ1) is 20.8. The molecule has 1 N–H and O–H groups in total. The van der Waals surface area contributed by atoms with Crippen LogP contribution in [-0.2, 0) is 17.8 Å². The Bertz CT molecular complexity index is 1100. The second-order valence-corrected chi connectivity index (χ2v) is 9.15. The molecule has 0 unspecified atom stereocenters. The Kier molecular flexibility index (Phi) is 6.74. The van der Waals surface area contributed by atoms with Crippen molar-refractivity contribution >= 4 is 60.8 Å². The number of halogens is 1. The Hall–Kier alpha value is -1.90. The van der Waals surface area contributed by atoms with E-state index in [0.717, 1.165) is 27.0 Å². The highest BCUT2D eigenvalue weighted by Crippen LogP contribution is 2.26. The lowest BCUT2D eigenvalue weighted by Gasteiger charge is -2.11. The van der Waals surface area contributed by atoms with Crippen LogP contribution in [0, 0.1) is 6.92 Å². The van der Waals surface area contributed by atoms with Gasteiger partial charge in [-0.2, -0.15) is 0 Å². The first-order chi connectivity index (χ1) is 13.4. The third-order valence-electron chi connectivity index (χ3n) is 4.12. The smallest absolute Gasteiger partial charge is 0.263 e. The summed E-state index contributed by atoms with van der Waals surface area (Å²) >= 11 is 6.20. The fourth-order valence-corrected chi connectivity index (χ4v) is 5.00. The molecule has 1 amide bonds. The van der Waals surface area contributed by atoms with Crippen LogP contribution in [0.15, 0.2) is 51.3 Å². The van der Waals surface area contributed by atoms with Gasteiger partial charge >= 0.3 is 0 Å². The Balaban J connectivity index is 1.82. The first-order valence-corrected chi connectivity index (χ1v) is 11.4. The summed E-state index contributed by atoms with van der Waals surface area (Å²) in [5.74, 6) is 0.0201. The van der Waals surface area contributed by atoms with Crippen LogP contribution in [0.4, 0.5) is 5.69 Å². The lowest BCUT2D eigenvalue weighted by molar-refractivity contribution is -0.113. The van der Waals surface area contributed by atoms with Crippen molar-refractivity contribution in [2.75, 3.05) is 11.1 Å². The molecule has 0 atom stereocenters. The lowest BCUT2D eigenvalue weighted by Crippen LogP contribution is -2.23. The number of thioether (sulfide) groups is 1. The second kappa shape index (κ2) is 9.07. The van der Waals surface area contributed by atoms with E-state index in [-0.39, 0.29) is 17.2 Å². The number of allylic oxidation sites excluding steroid dienone is 1. The summed E-state index contributed by atoms with van der Waals surface area (Å²) in [4.78, 5) is 31.7. The second-order valence-electron chi connectivity index (χ2n) is 6.18. The van der Waals surface area contributed by atoms with Crippen LogP contribution in [0.5, 0.6) is 0 Å². The van der Waals surface area contributed by atoms with Crippen LogP contribution in [0.1, 0.15) is 17.4 Å². The summed E-state index contributed by atoms with van der Waals surface area (Å²) in [5, 5.41) is 4.07. The number of hydrogen-bond acceptors (Lipinski definition) is 5. The molecule has 146 valence electrons. The summed E-state index contributed by atoms with van der Waals surface area (Å²) < 4.78 is 2.54. The van der Waals surface area contributed by atoms with Crippen molar-refractivity contribution in [3.8, 4) is 0 Å². The van der Waals surface area contributed by atoms with Gasteiger partial charge in [0.25, 0.3) is 5.56 Å². The quantitative estimate of drug-likeness (QED) is 0.295. The highest BCUT2D eigenvalue weighted by atomic mass is 79.9. The molecule has 5 nitrogen and oxygen atoms in total. The van der Waals surface area contributed by atoms with E-state index < -0.39 is 0 Å². The van der Waals surface area contributed by atoms with E-state index in [4.69, 9.17) is 0 Å². The molecule has 2 aromatic heterocycles. The topological polar surface area (TPSA) is 64.0 Å². The van der Waals surface area contributed by atoms with Gasteiger partial charge in [0.05, 0.1) is 11.1 Å². The van der Waals surface area contributed by atoms with Gasteiger partial charge in [-0.3, -0.25) is 14.2 Å². The number of fused-ring (bicyclic) bond motifs is 1. The SMILES string of the molecule is C=CCn1c(SCC(=O)Nc2ccc(Br)cc2C)nc2sc(CC)cc2c1=O. The number of anilines is 1.